The number of carbonyl (C=O) groups is 1. The van der Waals surface area contributed by atoms with Gasteiger partial charge in [0.1, 0.15) is 0 Å². The van der Waals surface area contributed by atoms with Gasteiger partial charge in [-0.25, -0.2) is 4.79 Å². The molecule has 2 N–H and O–H groups in total. The fourth-order valence-electron chi connectivity index (χ4n) is 1.85. The second kappa shape index (κ2) is 7.42. The molecule has 0 aromatic heterocycles. The highest BCUT2D eigenvalue weighted by atomic mass is 35.5. The van der Waals surface area contributed by atoms with E-state index in [4.69, 9.17) is 11.6 Å². The zero-order valence-electron chi connectivity index (χ0n) is 11.6. The number of nitro groups is 1. The minimum Gasteiger partial charge on any atom is -0.338 e. The van der Waals surface area contributed by atoms with Gasteiger partial charge in [-0.1, -0.05) is 29.8 Å². The summed E-state index contributed by atoms with van der Waals surface area (Å²) in [6.07, 6.45) is 0.584. The van der Waals surface area contributed by atoms with Gasteiger partial charge in [-0.2, -0.15) is 0 Å². The smallest absolute Gasteiger partial charge is 0.319 e. The SMILES string of the molecule is O=C(NCCc1ccc([N+](=O)[O-])cc1)Nc1cccc(Cl)c1. The maximum atomic E-state index is 11.7. The number of rotatable bonds is 5. The molecule has 0 aliphatic heterocycles. The van der Waals surface area contributed by atoms with Crippen molar-refractivity contribution in [3.05, 3.63) is 69.2 Å². The normalized spacial score (nSPS) is 10.0. The van der Waals surface area contributed by atoms with Gasteiger partial charge in [0.05, 0.1) is 4.92 Å². The van der Waals surface area contributed by atoms with Gasteiger partial charge in [-0.05, 0) is 30.2 Å². The van der Waals surface area contributed by atoms with E-state index in [0.717, 1.165) is 5.56 Å². The Hall–Kier alpha value is -2.60. The van der Waals surface area contributed by atoms with E-state index in [-0.39, 0.29) is 11.7 Å². The van der Waals surface area contributed by atoms with Crippen molar-refractivity contribution in [3.8, 4) is 0 Å². The van der Waals surface area contributed by atoms with Gasteiger partial charge in [0.25, 0.3) is 5.69 Å². The van der Waals surface area contributed by atoms with Crippen molar-refractivity contribution in [1.29, 1.82) is 0 Å². The number of halogens is 1. The number of urea groups is 1. The van der Waals surface area contributed by atoms with E-state index in [9.17, 15) is 14.9 Å². The largest absolute Gasteiger partial charge is 0.338 e. The summed E-state index contributed by atoms with van der Waals surface area (Å²) in [5.41, 5.74) is 1.57. The van der Waals surface area contributed by atoms with Crippen molar-refractivity contribution in [2.75, 3.05) is 11.9 Å². The molecule has 0 aliphatic rings. The van der Waals surface area contributed by atoms with Crippen LogP contribution in [-0.4, -0.2) is 17.5 Å². The van der Waals surface area contributed by atoms with Gasteiger partial charge in [-0.3, -0.25) is 10.1 Å². The van der Waals surface area contributed by atoms with E-state index < -0.39 is 4.92 Å². The van der Waals surface area contributed by atoms with Crippen LogP contribution in [0.1, 0.15) is 5.56 Å². The molecule has 0 atom stereocenters. The number of non-ortho nitro benzene ring substituents is 1. The molecule has 2 amide bonds. The van der Waals surface area contributed by atoms with Crippen molar-refractivity contribution < 1.29 is 9.72 Å². The van der Waals surface area contributed by atoms with Crippen LogP contribution in [0.4, 0.5) is 16.2 Å². The third kappa shape index (κ3) is 4.75. The van der Waals surface area contributed by atoms with Crippen molar-refractivity contribution in [2.24, 2.45) is 0 Å². The van der Waals surface area contributed by atoms with Gasteiger partial charge in [-0.15, -0.1) is 0 Å². The lowest BCUT2D eigenvalue weighted by molar-refractivity contribution is -0.384. The Bertz CT molecular complexity index is 674. The number of nitro benzene ring substituents is 1. The molecule has 2 rings (SSSR count). The van der Waals surface area contributed by atoms with Gasteiger partial charge < -0.3 is 10.6 Å². The topological polar surface area (TPSA) is 84.3 Å². The molecule has 2 aromatic carbocycles. The summed E-state index contributed by atoms with van der Waals surface area (Å²) >= 11 is 5.83. The number of hydrogen-bond donors (Lipinski definition) is 2. The second-order valence-electron chi connectivity index (χ2n) is 4.56. The van der Waals surface area contributed by atoms with Crippen molar-refractivity contribution in [1.82, 2.24) is 5.32 Å². The summed E-state index contributed by atoms with van der Waals surface area (Å²) in [5.74, 6) is 0. The Morgan fingerprint density at radius 2 is 1.91 bits per heavy atom. The molecule has 22 heavy (non-hydrogen) atoms. The van der Waals surface area contributed by atoms with Crippen LogP contribution in [-0.2, 0) is 6.42 Å². The molecule has 0 aliphatic carbocycles. The van der Waals surface area contributed by atoms with E-state index in [1.54, 1.807) is 36.4 Å². The van der Waals surface area contributed by atoms with E-state index in [1.807, 2.05) is 0 Å². The summed E-state index contributed by atoms with van der Waals surface area (Å²) in [4.78, 5) is 21.8. The maximum absolute atomic E-state index is 11.7. The van der Waals surface area contributed by atoms with Crippen molar-refractivity contribution in [3.63, 3.8) is 0 Å². The molecule has 0 unspecified atom stereocenters. The average Bonchev–Trinajstić information content (AvgIpc) is 2.47. The maximum Gasteiger partial charge on any atom is 0.319 e. The number of amides is 2. The molecule has 0 spiro atoms. The lowest BCUT2D eigenvalue weighted by Crippen LogP contribution is -2.30. The van der Waals surface area contributed by atoms with Crippen LogP contribution < -0.4 is 10.6 Å². The Morgan fingerprint density at radius 1 is 1.18 bits per heavy atom. The highest BCUT2D eigenvalue weighted by Gasteiger charge is 2.05. The number of carbonyl (C=O) groups excluding carboxylic acids is 1. The van der Waals surface area contributed by atoms with Crippen LogP contribution in [0.5, 0.6) is 0 Å². The second-order valence-corrected chi connectivity index (χ2v) is 5.00. The van der Waals surface area contributed by atoms with Gasteiger partial charge >= 0.3 is 6.03 Å². The molecular weight excluding hydrogens is 306 g/mol. The third-order valence-electron chi connectivity index (χ3n) is 2.93. The standard InChI is InChI=1S/C15H14ClN3O3/c16-12-2-1-3-13(10-12)18-15(20)17-9-8-11-4-6-14(7-5-11)19(21)22/h1-7,10H,8-9H2,(H2,17,18,20). The number of hydrogen-bond acceptors (Lipinski definition) is 3. The van der Waals surface area contributed by atoms with Crippen molar-refractivity contribution >= 4 is 29.0 Å². The number of anilines is 1. The van der Waals surface area contributed by atoms with Gasteiger partial charge in [0, 0.05) is 29.4 Å². The minimum atomic E-state index is -0.444. The fraction of sp³-hybridized carbons (Fsp3) is 0.133. The molecule has 7 heteroatoms. The molecule has 114 valence electrons. The van der Waals surface area contributed by atoms with Gasteiger partial charge in [0.2, 0.25) is 0 Å². The predicted molar refractivity (Wildman–Crippen MR) is 85.3 cm³/mol. The van der Waals surface area contributed by atoms with E-state index >= 15 is 0 Å². The van der Waals surface area contributed by atoms with Gasteiger partial charge in [0.15, 0.2) is 0 Å². The van der Waals surface area contributed by atoms with Crippen LogP contribution in [0.3, 0.4) is 0 Å². The highest BCUT2D eigenvalue weighted by Crippen LogP contribution is 2.14. The van der Waals surface area contributed by atoms with Crippen LogP contribution in [0, 0.1) is 10.1 Å². The number of nitrogens with one attached hydrogen (secondary N) is 2. The first kappa shape index (κ1) is 15.8. The molecular formula is C15H14ClN3O3. The lowest BCUT2D eigenvalue weighted by Gasteiger charge is -2.08. The summed E-state index contributed by atoms with van der Waals surface area (Å²) in [5, 5.41) is 16.5. The molecule has 0 radical (unpaired) electrons. The number of nitrogens with zero attached hydrogens (tertiary/aromatic N) is 1. The first-order valence-corrected chi connectivity index (χ1v) is 6.96. The molecule has 0 saturated carbocycles. The molecule has 0 heterocycles. The monoisotopic (exact) mass is 319 g/mol. The highest BCUT2D eigenvalue weighted by molar-refractivity contribution is 6.30. The quantitative estimate of drug-likeness (QED) is 0.652. The van der Waals surface area contributed by atoms with Crippen LogP contribution in [0.2, 0.25) is 5.02 Å². The lowest BCUT2D eigenvalue weighted by atomic mass is 10.1. The summed E-state index contributed by atoms with van der Waals surface area (Å²) in [6, 6.07) is 12.8. The third-order valence-corrected chi connectivity index (χ3v) is 3.16. The van der Waals surface area contributed by atoms with Crippen LogP contribution >= 0.6 is 11.6 Å². The molecule has 0 bridgehead atoms. The molecule has 6 nitrogen and oxygen atoms in total. The summed E-state index contributed by atoms with van der Waals surface area (Å²) in [7, 11) is 0. The first-order valence-electron chi connectivity index (χ1n) is 6.58. The van der Waals surface area contributed by atoms with Crippen LogP contribution in [0.15, 0.2) is 48.5 Å². The Morgan fingerprint density at radius 3 is 2.55 bits per heavy atom. The number of benzene rings is 2. The Labute approximate surface area is 132 Å². The van der Waals surface area contributed by atoms with E-state index in [1.165, 1.54) is 12.1 Å². The van der Waals surface area contributed by atoms with E-state index in [0.29, 0.717) is 23.7 Å². The molecule has 0 saturated heterocycles. The first-order chi connectivity index (χ1) is 10.5. The molecule has 0 fully saturated rings. The zero-order chi connectivity index (χ0) is 15.9. The fourth-order valence-corrected chi connectivity index (χ4v) is 2.04. The average molecular weight is 320 g/mol. The Balaban J connectivity index is 1.78. The molecule has 2 aromatic rings. The predicted octanol–water partition coefficient (Wildman–Crippen LogP) is 3.61. The summed E-state index contributed by atoms with van der Waals surface area (Å²) < 4.78 is 0. The van der Waals surface area contributed by atoms with E-state index in [2.05, 4.69) is 10.6 Å². The Kier molecular flexibility index (Phi) is 5.32. The zero-order valence-corrected chi connectivity index (χ0v) is 12.3. The van der Waals surface area contributed by atoms with Crippen LogP contribution in [0.25, 0.3) is 0 Å². The minimum absolute atomic E-state index is 0.0513. The summed E-state index contributed by atoms with van der Waals surface area (Å²) in [6.45, 7) is 0.421. The van der Waals surface area contributed by atoms with Crippen molar-refractivity contribution in [2.45, 2.75) is 6.42 Å².